The van der Waals surface area contributed by atoms with Crippen LogP contribution in [0.1, 0.15) is 21.5 Å². The zero-order valence-corrected chi connectivity index (χ0v) is 18.4. The molecule has 3 aromatic rings. The van der Waals surface area contributed by atoms with Crippen LogP contribution in [-0.4, -0.2) is 39.4 Å². The number of carbonyl (C=O) groups is 1. The van der Waals surface area contributed by atoms with Gasteiger partial charge in [0.25, 0.3) is 15.9 Å². The molecule has 7 heteroatoms. The predicted molar refractivity (Wildman–Crippen MR) is 123 cm³/mol. The third-order valence-electron chi connectivity index (χ3n) is 5.42. The number of carbonyl (C=O) groups excluding carboxylic acids is 1. The Morgan fingerprint density at radius 1 is 0.935 bits per heavy atom. The van der Waals surface area contributed by atoms with Crippen molar-refractivity contribution in [2.75, 3.05) is 29.8 Å². The molecule has 1 heterocycles. The number of nitrogens with one attached hydrogen (secondary N) is 1. The fourth-order valence-corrected chi connectivity index (χ4v) is 4.86. The van der Waals surface area contributed by atoms with Crippen LogP contribution in [0.15, 0.2) is 77.7 Å². The lowest BCUT2D eigenvalue weighted by atomic mass is 10.1. The number of hydrogen-bond acceptors (Lipinski definition) is 4. The van der Waals surface area contributed by atoms with Crippen LogP contribution in [0.4, 0.5) is 11.4 Å². The Labute approximate surface area is 183 Å². The minimum absolute atomic E-state index is 0.0622. The molecule has 0 aromatic heterocycles. The standard InChI is InChI=1S/C24H25N3O3S/c1-18-7-5-10-21(15-18)25-31(29,30)22-11-6-9-19(16-22)24(28)27-14-13-26(2)23-12-4-3-8-20(23)17-27/h3-12,15-16,25H,13-14,17H2,1-2H3. The van der Waals surface area contributed by atoms with E-state index in [1.54, 1.807) is 35.2 Å². The van der Waals surface area contributed by atoms with Gasteiger partial charge in [-0.1, -0.05) is 36.4 Å². The Morgan fingerprint density at radius 3 is 2.52 bits per heavy atom. The van der Waals surface area contributed by atoms with Crippen molar-refractivity contribution in [1.29, 1.82) is 0 Å². The Hall–Kier alpha value is -3.32. The van der Waals surface area contributed by atoms with Crippen molar-refractivity contribution < 1.29 is 13.2 Å². The summed E-state index contributed by atoms with van der Waals surface area (Å²) in [4.78, 5) is 17.2. The first kappa shape index (κ1) is 20.9. The van der Waals surface area contributed by atoms with E-state index in [-0.39, 0.29) is 10.8 Å². The van der Waals surface area contributed by atoms with Gasteiger partial charge in [-0.15, -0.1) is 0 Å². The Morgan fingerprint density at radius 2 is 1.71 bits per heavy atom. The number of rotatable bonds is 4. The molecule has 0 unspecified atom stereocenters. The topological polar surface area (TPSA) is 69.7 Å². The Bertz CT molecular complexity index is 1220. The van der Waals surface area contributed by atoms with E-state index in [1.165, 1.54) is 12.1 Å². The third kappa shape index (κ3) is 4.56. The summed E-state index contributed by atoms with van der Waals surface area (Å²) in [6, 6.07) is 21.4. The second-order valence-electron chi connectivity index (χ2n) is 7.78. The molecule has 1 N–H and O–H groups in total. The van der Waals surface area contributed by atoms with Crippen molar-refractivity contribution in [2.45, 2.75) is 18.4 Å². The van der Waals surface area contributed by atoms with Crippen LogP contribution in [0.2, 0.25) is 0 Å². The largest absolute Gasteiger partial charge is 0.373 e. The van der Waals surface area contributed by atoms with Crippen LogP contribution < -0.4 is 9.62 Å². The average Bonchev–Trinajstić information content (AvgIpc) is 2.92. The van der Waals surface area contributed by atoms with Crippen molar-refractivity contribution in [3.05, 3.63) is 89.5 Å². The van der Waals surface area contributed by atoms with E-state index in [1.807, 2.05) is 44.3 Å². The van der Waals surface area contributed by atoms with Gasteiger partial charge in [-0.05, 0) is 54.4 Å². The van der Waals surface area contributed by atoms with Gasteiger partial charge >= 0.3 is 0 Å². The lowest BCUT2D eigenvalue weighted by Crippen LogP contribution is -2.34. The molecule has 0 bridgehead atoms. The number of aryl methyl sites for hydroxylation is 1. The molecule has 1 aliphatic rings. The number of likely N-dealkylation sites (N-methyl/N-ethyl adjacent to an activating group) is 1. The maximum atomic E-state index is 13.2. The number of sulfonamides is 1. The van der Waals surface area contributed by atoms with Crippen molar-refractivity contribution >= 4 is 27.3 Å². The van der Waals surface area contributed by atoms with E-state index in [0.717, 1.165) is 16.8 Å². The van der Waals surface area contributed by atoms with Gasteiger partial charge in [-0.25, -0.2) is 8.42 Å². The minimum atomic E-state index is -3.81. The first-order chi connectivity index (χ1) is 14.8. The zero-order valence-electron chi connectivity index (χ0n) is 17.6. The fourth-order valence-electron chi connectivity index (χ4n) is 3.77. The summed E-state index contributed by atoms with van der Waals surface area (Å²) in [6.07, 6.45) is 0. The van der Waals surface area contributed by atoms with Gasteiger partial charge in [0.15, 0.2) is 0 Å². The molecule has 0 radical (unpaired) electrons. The summed E-state index contributed by atoms with van der Waals surface area (Å²) in [5.74, 6) is -0.183. The van der Waals surface area contributed by atoms with Gasteiger partial charge < -0.3 is 9.80 Å². The number of para-hydroxylation sites is 1. The van der Waals surface area contributed by atoms with E-state index in [0.29, 0.717) is 30.9 Å². The number of anilines is 2. The van der Waals surface area contributed by atoms with Crippen LogP contribution in [-0.2, 0) is 16.6 Å². The summed E-state index contributed by atoms with van der Waals surface area (Å²) >= 11 is 0. The van der Waals surface area contributed by atoms with Gasteiger partial charge in [0.1, 0.15) is 0 Å². The first-order valence-corrected chi connectivity index (χ1v) is 11.6. The SMILES string of the molecule is Cc1cccc(NS(=O)(=O)c2cccc(C(=O)N3CCN(C)c4ccccc4C3)c2)c1. The van der Waals surface area contributed by atoms with Crippen LogP contribution >= 0.6 is 0 Å². The number of hydrogen-bond donors (Lipinski definition) is 1. The second-order valence-corrected chi connectivity index (χ2v) is 9.46. The van der Waals surface area contributed by atoms with Crippen molar-refractivity contribution in [3.63, 3.8) is 0 Å². The molecule has 0 atom stereocenters. The molecule has 31 heavy (non-hydrogen) atoms. The summed E-state index contributed by atoms with van der Waals surface area (Å²) in [5, 5.41) is 0. The molecule has 160 valence electrons. The normalized spacial score (nSPS) is 14.0. The smallest absolute Gasteiger partial charge is 0.261 e. The van der Waals surface area contributed by atoms with Crippen molar-refractivity contribution in [3.8, 4) is 0 Å². The number of fused-ring (bicyclic) bond motifs is 1. The first-order valence-electron chi connectivity index (χ1n) is 10.1. The highest BCUT2D eigenvalue weighted by molar-refractivity contribution is 7.92. The molecule has 0 aliphatic carbocycles. The summed E-state index contributed by atoms with van der Waals surface area (Å²) in [7, 11) is -1.80. The number of nitrogens with zero attached hydrogens (tertiary/aromatic N) is 2. The highest BCUT2D eigenvalue weighted by atomic mass is 32.2. The number of amides is 1. The minimum Gasteiger partial charge on any atom is -0.373 e. The van der Waals surface area contributed by atoms with E-state index in [4.69, 9.17) is 0 Å². The van der Waals surface area contributed by atoms with E-state index < -0.39 is 10.0 Å². The maximum absolute atomic E-state index is 13.2. The van der Waals surface area contributed by atoms with E-state index in [9.17, 15) is 13.2 Å². The zero-order chi connectivity index (χ0) is 22.0. The van der Waals surface area contributed by atoms with Crippen LogP contribution in [0.3, 0.4) is 0 Å². The summed E-state index contributed by atoms with van der Waals surface area (Å²) in [5.41, 5.74) is 3.98. The highest BCUT2D eigenvalue weighted by Crippen LogP contribution is 2.25. The van der Waals surface area contributed by atoms with Crippen molar-refractivity contribution in [2.24, 2.45) is 0 Å². The molecule has 0 saturated heterocycles. The van der Waals surface area contributed by atoms with Gasteiger partial charge in [0.2, 0.25) is 0 Å². The molecule has 6 nitrogen and oxygen atoms in total. The molecule has 0 spiro atoms. The average molecular weight is 436 g/mol. The molecule has 3 aromatic carbocycles. The third-order valence-corrected chi connectivity index (χ3v) is 6.80. The molecular formula is C24H25N3O3S. The van der Waals surface area contributed by atoms with Gasteiger partial charge in [-0.2, -0.15) is 0 Å². The second kappa shape index (κ2) is 8.43. The molecule has 1 aliphatic heterocycles. The van der Waals surface area contributed by atoms with Crippen LogP contribution in [0.5, 0.6) is 0 Å². The molecule has 0 saturated carbocycles. The van der Waals surface area contributed by atoms with E-state index in [2.05, 4.69) is 9.62 Å². The Balaban J connectivity index is 1.58. The lowest BCUT2D eigenvalue weighted by Gasteiger charge is -2.21. The predicted octanol–water partition coefficient (Wildman–Crippen LogP) is 3.89. The monoisotopic (exact) mass is 435 g/mol. The summed E-state index contributed by atoms with van der Waals surface area (Å²) < 4.78 is 28.4. The quantitative estimate of drug-likeness (QED) is 0.675. The molecule has 0 fully saturated rings. The van der Waals surface area contributed by atoms with Crippen LogP contribution in [0, 0.1) is 6.92 Å². The van der Waals surface area contributed by atoms with Gasteiger partial charge in [0.05, 0.1) is 4.90 Å². The van der Waals surface area contributed by atoms with Gasteiger partial charge in [0, 0.05) is 43.6 Å². The van der Waals surface area contributed by atoms with Crippen molar-refractivity contribution in [1.82, 2.24) is 4.90 Å². The van der Waals surface area contributed by atoms with Gasteiger partial charge in [-0.3, -0.25) is 9.52 Å². The lowest BCUT2D eigenvalue weighted by molar-refractivity contribution is 0.0751. The molecule has 1 amide bonds. The van der Waals surface area contributed by atoms with Crippen LogP contribution in [0.25, 0.3) is 0 Å². The van der Waals surface area contributed by atoms with E-state index >= 15 is 0 Å². The maximum Gasteiger partial charge on any atom is 0.261 e. The summed E-state index contributed by atoms with van der Waals surface area (Å²) in [6.45, 7) is 3.64. The highest BCUT2D eigenvalue weighted by Gasteiger charge is 2.23. The molecular weight excluding hydrogens is 410 g/mol. The molecule has 4 rings (SSSR count). The Kier molecular flexibility index (Phi) is 5.69. The number of benzene rings is 3. The fraction of sp³-hybridized carbons (Fsp3) is 0.208.